The Morgan fingerprint density at radius 1 is 1.04 bits per heavy atom. The molecule has 2 amide bonds. The first-order valence-electron chi connectivity index (χ1n) is 8.25. The molecule has 7 heteroatoms. The lowest BCUT2D eigenvalue weighted by Crippen LogP contribution is -2.20. The van der Waals surface area contributed by atoms with E-state index >= 15 is 0 Å². The third-order valence-electron chi connectivity index (χ3n) is 4.08. The van der Waals surface area contributed by atoms with Crippen molar-refractivity contribution < 1.29 is 4.79 Å². The van der Waals surface area contributed by atoms with Crippen LogP contribution in [0.3, 0.4) is 0 Å². The first-order valence-corrected chi connectivity index (χ1v) is 9.07. The largest absolute Gasteiger partial charge is 0.345 e. The Labute approximate surface area is 156 Å². The quantitative estimate of drug-likeness (QED) is 0.700. The second-order valence-electron chi connectivity index (χ2n) is 6.06. The molecule has 0 aliphatic heterocycles. The van der Waals surface area contributed by atoms with E-state index in [0.717, 1.165) is 28.5 Å². The summed E-state index contributed by atoms with van der Waals surface area (Å²) < 4.78 is 0. The van der Waals surface area contributed by atoms with Gasteiger partial charge in [-0.2, -0.15) is 0 Å². The summed E-state index contributed by atoms with van der Waals surface area (Å²) in [5, 5.41) is 15.0. The molecule has 3 rings (SSSR count). The molecule has 3 aromatic rings. The fraction of sp³-hybridized carbons (Fsp3) is 0.211. The van der Waals surface area contributed by atoms with E-state index in [-0.39, 0.29) is 6.03 Å². The smallest absolute Gasteiger partial charge is 0.325 e. The molecule has 0 saturated carbocycles. The summed E-state index contributed by atoms with van der Waals surface area (Å²) in [6, 6.07) is 15.6. The van der Waals surface area contributed by atoms with Gasteiger partial charge in [0.05, 0.1) is 0 Å². The molecule has 2 N–H and O–H groups in total. The second-order valence-corrected chi connectivity index (χ2v) is 7.01. The monoisotopic (exact) mass is 367 g/mol. The minimum absolute atomic E-state index is 0.327. The third kappa shape index (κ3) is 4.37. The predicted molar refractivity (Wildman–Crippen MR) is 107 cm³/mol. The SMILES string of the molecule is Cc1cccc(NC(=O)Nc2nnc(N(C)Cc3ccccc3)s2)c1C. The Hall–Kier alpha value is -2.93. The van der Waals surface area contributed by atoms with Crippen LogP contribution in [0, 0.1) is 13.8 Å². The number of rotatable bonds is 5. The number of aryl methyl sites for hydroxylation is 1. The van der Waals surface area contributed by atoms with Gasteiger partial charge in [0.1, 0.15) is 0 Å². The number of nitrogens with zero attached hydrogens (tertiary/aromatic N) is 3. The van der Waals surface area contributed by atoms with E-state index in [1.54, 1.807) is 0 Å². The summed E-state index contributed by atoms with van der Waals surface area (Å²) in [6.07, 6.45) is 0. The van der Waals surface area contributed by atoms with Crippen LogP contribution in [0.4, 0.5) is 20.7 Å². The van der Waals surface area contributed by atoms with Crippen LogP contribution in [0.15, 0.2) is 48.5 Å². The van der Waals surface area contributed by atoms with Gasteiger partial charge in [-0.25, -0.2) is 4.79 Å². The Morgan fingerprint density at radius 3 is 2.58 bits per heavy atom. The molecule has 0 aliphatic carbocycles. The minimum atomic E-state index is -0.327. The van der Waals surface area contributed by atoms with E-state index in [1.807, 2.05) is 62.2 Å². The highest BCUT2D eigenvalue weighted by molar-refractivity contribution is 7.19. The lowest BCUT2D eigenvalue weighted by Gasteiger charge is -2.14. The van der Waals surface area contributed by atoms with Gasteiger partial charge in [0.25, 0.3) is 0 Å². The second kappa shape index (κ2) is 7.97. The number of nitrogens with one attached hydrogen (secondary N) is 2. The average molecular weight is 367 g/mol. The van der Waals surface area contributed by atoms with E-state index in [1.165, 1.54) is 16.9 Å². The Kier molecular flexibility index (Phi) is 5.48. The number of benzene rings is 2. The van der Waals surface area contributed by atoms with Crippen molar-refractivity contribution in [2.45, 2.75) is 20.4 Å². The van der Waals surface area contributed by atoms with Crippen LogP contribution in [0.2, 0.25) is 0 Å². The van der Waals surface area contributed by atoms with Crippen molar-refractivity contribution in [3.63, 3.8) is 0 Å². The number of anilines is 3. The third-order valence-corrected chi connectivity index (χ3v) is 5.03. The number of aromatic nitrogens is 2. The van der Waals surface area contributed by atoms with Crippen molar-refractivity contribution in [2.75, 3.05) is 22.6 Å². The molecule has 26 heavy (non-hydrogen) atoms. The van der Waals surface area contributed by atoms with Crippen molar-refractivity contribution in [3.8, 4) is 0 Å². The Balaban J connectivity index is 1.61. The Morgan fingerprint density at radius 2 is 1.81 bits per heavy atom. The van der Waals surface area contributed by atoms with E-state index in [2.05, 4.69) is 33.0 Å². The van der Waals surface area contributed by atoms with Gasteiger partial charge in [-0.05, 0) is 36.6 Å². The maximum absolute atomic E-state index is 12.2. The minimum Gasteiger partial charge on any atom is -0.345 e. The standard InChI is InChI=1S/C19H21N5OS/c1-13-8-7-11-16(14(13)2)20-17(25)21-18-22-23-19(26-18)24(3)12-15-9-5-4-6-10-15/h4-11H,12H2,1-3H3,(H2,20,21,22,25). The van der Waals surface area contributed by atoms with Crippen LogP contribution in [0.25, 0.3) is 0 Å². The zero-order chi connectivity index (χ0) is 18.5. The highest BCUT2D eigenvalue weighted by Crippen LogP contribution is 2.25. The molecule has 2 aromatic carbocycles. The first kappa shape index (κ1) is 17.9. The molecule has 0 saturated heterocycles. The van der Waals surface area contributed by atoms with Gasteiger partial charge < -0.3 is 10.2 Å². The molecule has 0 spiro atoms. The van der Waals surface area contributed by atoms with E-state index in [9.17, 15) is 4.79 Å². The molecule has 0 bridgehead atoms. The average Bonchev–Trinajstić information content (AvgIpc) is 3.08. The van der Waals surface area contributed by atoms with Crippen molar-refractivity contribution in [2.24, 2.45) is 0 Å². The van der Waals surface area contributed by atoms with Gasteiger partial charge in [-0.3, -0.25) is 5.32 Å². The summed E-state index contributed by atoms with van der Waals surface area (Å²) >= 11 is 1.34. The molecule has 1 heterocycles. The number of amides is 2. The number of carbonyl (C=O) groups is 1. The maximum Gasteiger partial charge on any atom is 0.325 e. The normalized spacial score (nSPS) is 10.4. The van der Waals surface area contributed by atoms with Crippen molar-refractivity contribution in [1.82, 2.24) is 10.2 Å². The van der Waals surface area contributed by atoms with E-state index < -0.39 is 0 Å². The van der Waals surface area contributed by atoms with Crippen LogP contribution in [-0.4, -0.2) is 23.3 Å². The molecular formula is C19H21N5OS. The molecule has 134 valence electrons. The summed E-state index contributed by atoms with van der Waals surface area (Å²) in [7, 11) is 1.95. The molecule has 0 atom stereocenters. The van der Waals surface area contributed by atoms with E-state index in [4.69, 9.17) is 0 Å². The number of carbonyl (C=O) groups excluding carboxylic acids is 1. The fourth-order valence-electron chi connectivity index (χ4n) is 2.48. The van der Waals surface area contributed by atoms with Crippen LogP contribution in [0.5, 0.6) is 0 Å². The van der Waals surface area contributed by atoms with Crippen molar-refractivity contribution >= 4 is 33.3 Å². The first-order chi connectivity index (χ1) is 12.5. The van der Waals surface area contributed by atoms with Gasteiger partial charge in [-0.15, -0.1) is 10.2 Å². The molecule has 1 aromatic heterocycles. The highest BCUT2D eigenvalue weighted by atomic mass is 32.1. The van der Waals surface area contributed by atoms with E-state index in [0.29, 0.717) is 5.13 Å². The van der Waals surface area contributed by atoms with Crippen LogP contribution in [-0.2, 0) is 6.54 Å². The van der Waals surface area contributed by atoms with Crippen molar-refractivity contribution in [3.05, 3.63) is 65.2 Å². The zero-order valence-corrected chi connectivity index (χ0v) is 15.8. The summed E-state index contributed by atoms with van der Waals surface area (Å²) in [5.74, 6) is 0. The highest BCUT2D eigenvalue weighted by Gasteiger charge is 2.12. The van der Waals surface area contributed by atoms with Crippen LogP contribution < -0.4 is 15.5 Å². The summed E-state index contributed by atoms with van der Waals surface area (Å²) in [4.78, 5) is 14.2. The lowest BCUT2D eigenvalue weighted by atomic mass is 10.1. The maximum atomic E-state index is 12.2. The van der Waals surface area contributed by atoms with Crippen LogP contribution >= 0.6 is 11.3 Å². The van der Waals surface area contributed by atoms with Crippen molar-refractivity contribution in [1.29, 1.82) is 0 Å². The fourth-order valence-corrected chi connectivity index (χ4v) is 3.18. The molecule has 0 fully saturated rings. The van der Waals surface area contributed by atoms with Gasteiger partial charge >= 0.3 is 6.03 Å². The van der Waals surface area contributed by atoms with Gasteiger partial charge in [0.2, 0.25) is 10.3 Å². The summed E-state index contributed by atoms with van der Waals surface area (Å²) in [6.45, 7) is 4.72. The predicted octanol–water partition coefficient (Wildman–Crippen LogP) is 4.44. The number of urea groups is 1. The number of hydrogen-bond acceptors (Lipinski definition) is 5. The number of hydrogen-bond donors (Lipinski definition) is 2. The Bertz CT molecular complexity index is 894. The molecular weight excluding hydrogens is 346 g/mol. The molecule has 0 radical (unpaired) electrons. The lowest BCUT2D eigenvalue weighted by molar-refractivity contribution is 0.262. The topological polar surface area (TPSA) is 70.1 Å². The van der Waals surface area contributed by atoms with Gasteiger partial charge in [0, 0.05) is 19.3 Å². The summed E-state index contributed by atoms with van der Waals surface area (Å²) in [5.41, 5.74) is 4.15. The molecule has 0 unspecified atom stereocenters. The zero-order valence-electron chi connectivity index (χ0n) is 15.0. The molecule has 6 nitrogen and oxygen atoms in total. The molecule has 0 aliphatic rings. The van der Waals surface area contributed by atoms with Crippen LogP contribution in [0.1, 0.15) is 16.7 Å². The van der Waals surface area contributed by atoms with Gasteiger partial charge in [0.15, 0.2) is 0 Å². The van der Waals surface area contributed by atoms with Gasteiger partial charge in [-0.1, -0.05) is 53.8 Å².